The fraction of sp³-hybridized carbons (Fsp3) is 0.400. The first-order valence-electron chi connectivity index (χ1n) is 9.27. The number of sulfonamides is 1. The van der Waals surface area contributed by atoms with Gasteiger partial charge in [0, 0.05) is 23.7 Å². The van der Waals surface area contributed by atoms with Crippen LogP contribution in [0.15, 0.2) is 35.2 Å². The van der Waals surface area contributed by atoms with Crippen molar-refractivity contribution in [2.45, 2.75) is 37.1 Å². The van der Waals surface area contributed by atoms with Crippen LogP contribution in [0.2, 0.25) is 0 Å². The van der Waals surface area contributed by atoms with Gasteiger partial charge in [-0.1, -0.05) is 0 Å². The smallest absolute Gasteiger partial charge is 0.269 e. The van der Waals surface area contributed by atoms with E-state index in [9.17, 15) is 18.5 Å². The van der Waals surface area contributed by atoms with Gasteiger partial charge < -0.3 is 9.64 Å². The van der Waals surface area contributed by atoms with Crippen molar-refractivity contribution >= 4 is 21.4 Å². The SMILES string of the molecule is COc1ccc(NS(=O)(=O)c2ccc([N+](=O)[O-])cc2C)c2c1C[C@@H](N(C)C)CC2. The molecule has 9 heteroatoms. The molecule has 0 saturated heterocycles. The molecule has 0 aliphatic heterocycles. The maximum atomic E-state index is 13.0. The predicted octanol–water partition coefficient (Wildman–Crippen LogP) is 3.13. The molecular weight excluding hydrogens is 394 g/mol. The number of fused-ring (bicyclic) bond motifs is 1. The molecule has 2 aromatic rings. The molecule has 0 bridgehead atoms. The van der Waals surface area contributed by atoms with E-state index in [0.29, 0.717) is 17.3 Å². The van der Waals surface area contributed by atoms with Crippen LogP contribution in [0, 0.1) is 17.0 Å². The van der Waals surface area contributed by atoms with E-state index in [4.69, 9.17) is 4.74 Å². The van der Waals surface area contributed by atoms with Gasteiger partial charge in [-0.15, -0.1) is 0 Å². The first-order valence-corrected chi connectivity index (χ1v) is 10.8. The number of nitrogens with zero attached hydrogens (tertiary/aromatic N) is 2. The topological polar surface area (TPSA) is 102 Å². The molecule has 1 aliphatic carbocycles. The number of benzene rings is 2. The average Bonchev–Trinajstić information content (AvgIpc) is 2.67. The Bertz CT molecular complexity index is 1050. The number of likely N-dealkylation sites (N-methyl/N-ethyl adjacent to an activating group) is 1. The van der Waals surface area contributed by atoms with E-state index in [2.05, 4.69) is 9.62 Å². The Morgan fingerprint density at radius 2 is 1.93 bits per heavy atom. The van der Waals surface area contributed by atoms with E-state index >= 15 is 0 Å². The van der Waals surface area contributed by atoms with Gasteiger partial charge in [-0.25, -0.2) is 8.42 Å². The Morgan fingerprint density at radius 3 is 2.52 bits per heavy atom. The van der Waals surface area contributed by atoms with Crippen molar-refractivity contribution in [2.75, 3.05) is 25.9 Å². The fourth-order valence-corrected chi connectivity index (χ4v) is 5.13. The number of non-ortho nitro benzene ring substituents is 1. The molecule has 1 N–H and O–H groups in total. The second kappa shape index (κ2) is 8.00. The molecule has 8 nitrogen and oxygen atoms in total. The molecule has 0 radical (unpaired) electrons. The molecule has 0 aromatic heterocycles. The molecule has 0 saturated carbocycles. The summed E-state index contributed by atoms with van der Waals surface area (Å²) in [6, 6.07) is 7.59. The zero-order valence-electron chi connectivity index (χ0n) is 16.9. The van der Waals surface area contributed by atoms with Gasteiger partial charge in [-0.3, -0.25) is 14.8 Å². The molecule has 29 heavy (non-hydrogen) atoms. The number of nitro benzene ring substituents is 1. The number of nitrogens with one attached hydrogen (secondary N) is 1. The first kappa shape index (κ1) is 21.1. The number of methoxy groups -OCH3 is 1. The summed E-state index contributed by atoms with van der Waals surface area (Å²) < 4.78 is 34.2. The summed E-state index contributed by atoms with van der Waals surface area (Å²) in [4.78, 5) is 12.6. The van der Waals surface area contributed by atoms with Crippen LogP contribution in [0.5, 0.6) is 5.75 Å². The van der Waals surface area contributed by atoms with E-state index in [1.54, 1.807) is 26.2 Å². The number of nitro groups is 1. The molecule has 2 aromatic carbocycles. The first-order chi connectivity index (χ1) is 13.6. The number of rotatable bonds is 6. The van der Waals surface area contributed by atoms with Crippen LogP contribution in [0.4, 0.5) is 11.4 Å². The van der Waals surface area contributed by atoms with Crippen LogP contribution in [-0.2, 0) is 22.9 Å². The summed E-state index contributed by atoms with van der Waals surface area (Å²) in [5.74, 6) is 0.751. The van der Waals surface area contributed by atoms with E-state index in [-0.39, 0.29) is 10.6 Å². The lowest BCUT2D eigenvalue weighted by atomic mass is 9.86. The Morgan fingerprint density at radius 1 is 1.21 bits per heavy atom. The normalized spacial score (nSPS) is 16.4. The minimum Gasteiger partial charge on any atom is -0.496 e. The number of hydrogen-bond acceptors (Lipinski definition) is 6. The van der Waals surface area contributed by atoms with Crippen molar-refractivity contribution in [3.05, 3.63) is 57.1 Å². The maximum Gasteiger partial charge on any atom is 0.269 e. The van der Waals surface area contributed by atoms with Gasteiger partial charge in [0.05, 0.1) is 22.6 Å². The highest BCUT2D eigenvalue weighted by molar-refractivity contribution is 7.92. The number of aryl methyl sites for hydroxylation is 1. The molecule has 0 amide bonds. The van der Waals surface area contributed by atoms with E-state index in [1.807, 2.05) is 14.1 Å². The van der Waals surface area contributed by atoms with E-state index < -0.39 is 14.9 Å². The maximum absolute atomic E-state index is 13.0. The highest BCUT2D eigenvalue weighted by Gasteiger charge is 2.27. The molecule has 0 heterocycles. The van der Waals surface area contributed by atoms with Crippen molar-refractivity contribution < 1.29 is 18.1 Å². The monoisotopic (exact) mass is 419 g/mol. The summed E-state index contributed by atoms with van der Waals surface area (Å²) in [7, 11) is 1.78. The van der Waals surface area contributed by atoms with Gasteiger partial charge in [0.15, 0.2) is 0 Å². The summed E-state index contributed by atoms with van der Waals surface area (Å²) in [6.07, 6.45) is 2.42. The average molecular weight is 420 g/mol. The van der Waals surface area contributed by atoms with E-state index in [1.165, 1.54) is 18.2 Å². The largest absolute Gasteiger partial charge is 0.496 e. The van der Waals surface area contributed by atoms with Crippen molar-refractivity contribution in [2.24, 2.45) is 0 Å². The van der Waals surface area contributed by atoms with Crippen molar-refractivity contribution in [1.82, 2.24) is 4.90 Å². The zero-order valence-corrected chi connectivity index (χ0v) is 17.7. The third-order valence-electron chi connectivity index (χ3n) is 5.41. The number of hydrogen-bond donors (Lipinski definition) is 1. The molecule has 1 aliphatic rings. The molecule has 0 fully saturated rings. The molecule has 156 valence electrons. The predicted molar refractivity (Wildman–Crippen MR) is 111 cm³/mol. The lowest BCUT2D eigenvalue weighted by molar-refractivity contribution is -0.385. The van der Waals surface area contributed by atoms with Gasteiger partial charge in [0.1, 0.15) is 5.75 Å². The summed E-state index contributed by atoms with van der Waals surface area (Å²) >= 11 is 0. The zero-order chi connectivity index (χ0) is 21.3. The second-order valence-electron chi connectivity index (χ2n) is 7.45. The molecule has 0 unspecified atom stereocenters. The van der Waals surface area contributed by atoms with Gasteiger partial charge in [0.2, 0.25) is 0 Å². The third-order valence-corrected chi connectivity index (χ3v) is 6.93. The Labute approximate surface area is 170 Å². The molecule has 3 rings (SSSR count). The van der Waals surface area contributed by atoms with Crippen LogP contribution >= 0.6 is 0 Å². The Kier molecular flexibility index (Phi) is 5.81. The van der Waals surface area contributed by atoms with Crippen molar-refractivity contribution in [3.8, 4) is 5.75 Å². The van der Waals surface area contributed by atoms with Gasteiger partial charge >= 0.3 is 0 Å². The fourth-order valence-electron chi connectivity index (χ4n) is 3.81. The van der Waals surface area contributed by atoms with Crippen molar-refractivity contribution in [3.63, 3.8) is 0 Å². The third kappa shape index (κ3) is 4.20. The second-order valence-corrected chi connectivity index (χ2v) is 9.10. The van der Waals surface area contributed by atoms with Crippen LogP contribution in [0.1, 0.15) is 23.1 Å². The lowest BCUT2D eigenvalue weighted by Crippen LogP contribution is -2.34. The lowest BCUT2D eigenvalue weighted by Gasteiger charge is -2.32. The Hall–Kier alpha value is -2.65. The minimum absolute atomic E-state index is 0.0228. The number of anilines is 1. The van der Waals surface area contributed by atoms with Gasteiger partial charge in [0.25, 0.3) is 15.7 Å². The van der Waals surface area contributed by atoms with Crippen LogP contribution in [0.25, 0.3) is 0 Å². The standard InChI is InChI=1S/C20H25N3O5S/c1-13-11-15(23(24)25)6-10-20(13)29(26,27)21-18-8-9-19(28-4)17-12-14(22(2)3)5-7-16(17)18/h6,8-11,14,21H,5,7,12H2,1-4H3/t14-/m0/s1. The minimum atomic E-state index is -3.89. The summed E-state index contributed by atoms with van der Waals surface area (Å²) in [5.41, 5.74) is 2.65. The highest BCUT2D eigenvalue weighted by Crippen LogP contribution is 2.37. The summed E-state index contributed by atoms with van der Waals surface area (Å²) in [5, 5.41) is 10.9. The van der Waals surface area contributed by atoms with Gasteiger partial charge in [-0.2, -0.15) is 0 Å². The highest BCUT2D eigenvalue weighted by atomic mass is 32.2. The van der Waals surface area contributed by atoms with Crippen molar-refractivity contribution in [1.29, 1.82) is 0 Å². The van der Waals surface area contributed by atoms with Gasteiger partial charge in [-0.05, 0) is 69.6 Å². The van der Waals surface area contributed by atoms with E-state index in [0.717, 1.165) is 36.1 Å². The van der Waals surface area contributed by atoms with Crippen LogP contribution in [-0.4, -0.2) is 45.5 Å². The number of ether oxygens (including phenoxy) is 1. The Balaban J connectivity index is 1.98. The molecule has 0 spiro atoms. The molecular formula is C20H25N3O5S. The van der Waals surface area contributed by atoms with Crippen LogP contribution < -0.4 is 9.46 Å². The molecule has 1 atom stereocenters. The summed E-state index contributed by atoms with van der Waals surface area (Å²) in [6.45, 7) is 1.55. The van der Waals surface area contributed by atoms with Crippen LogP contribution in [0.3, 0.4) is 0 Å². The quantitative estimate of drug-likeness (QED) is 0.570.